The first-order valence-corrected chi connectivity index (χ1v) is 8.03. The predicted molar refractivity (Wildman–Crippen MR) is 85.9 cm³/mol. The van der Waals surface area contributed by atoms with Crippen molar-refractivity contribution in [3.8, 4) is 0 Å². The smallest absolute Gasteiger partial charge is 0.157 e. The summed E-state index contributed by atoms with van der Waals surface area (Å²) in [5.41, 5.74) is 1.38. The number of nitrogens with one attached hydrogen (secondary N) is 1. The van der Waals surface area contributed by atoms with Crippen molar-refractivity contribution in [2.45, 2.75) is 44.9 Å². The zero-order valence-corrected chi connectivity index (χ0v) is 12.9. The summed E-state index contributed by atoms with van der Waals surface area (Å²) in [4.78, 5) is 4.62. The van der Waals surface area contributed by atoms with Crippen molar-refractivity contribution in [1.82, 2.24) is 5.32 Å². The Labute approximate surface area is 121 Å². The fraction of sp³-hybridized carbons (Fsp3) is 0.562. The van der Waals surface area contributed by atoms with E-state index in [9.17, 15) is 0 Å². The second-order valence-corrected chi connectivity index (χ2v) is 7.04. The molecule has 0 saturated heterocycles. The van der Waals surface area contributed by atoms with Crippen LogP contribution in [0.3, 0.4) is 0 Å². The number of benzene rings is 1. The molecule has 0 saturated carbocycles. The highest BCUT2D eigenvalue weighted by molar-refractivity contribution is 8.14. The van der Waals surface area contributed by atoms with Gasteiger partial charge in [-0.05, 0) is 31.2 Å². The van der Waals surface area contributed by atoms with Gasteiger partial charge in [0.1, 0.15) is 0 Å². The Morgan fingerprint density at radius 2 is 2.00 bits per heavy atom. The number of amidine groups is 1. The molecule has 0 spiro atoms. The summed E-state index contributed by atoms with van der Waals surface area (Å²) in [5.74, 6) is 0.758. The van der Waals surface area contributed by atoms with Crippen molar-refractivity contribution in [3.05, 3.63) is 35.9 Å². The second-order valence-electron chi connectivity index (χ2n) is 5.75. The monoisotopic (exact) mass is 276 g/mol. The summed E-state index contributed by atoms with van der Waals surface area (Å²) in [6.45, 7) is 7.77. The van der Waals surface area contributed by atoms with E-state index in [0.29, 0.717) is 11.3 Å². The standard InChI is InChI=1S/C16H24N2S/c1-12(2)9-15-11-17-16(19-15)18-13(3)10-14-7-5-4-6-8-14/h4-8,12-13,15H,9-11H2,1-3H3,(H,17,18). The van der Waals surface area contributed by atoms with E-state index >= 15 is 0 Å². The topological polar surface area (TPSA) is 24.4 Å². The van der Waals surface area contributed by atoms with Gasteiger partial charge in [0.2, 0.25) is 0 Å². The van der Waals surface area contributed by atoms with Crippen molar-refractivity contribution in [2.24, 2.45) is 10.9 Å². The number of nitrogens with zero attached hydrogens (tertiary/aromatic N) is 1. The number of rotatable bonds is 5. The largest absolute Gasteiger partial charge is 0.362 e. The van der Waals surface area contributed by atoms with Gasteiger partial charge in [-0.3, -0.25) is 4.99 Å². The Morgan fingerprint density at radius 3 is 2.68 bits per heavy atom. The minimum absolute atomic E-state index is 0.437. The van der Waals surface area contributed by atoms with Crippen LogP contribution in [0.4, 0.5) is 0 Å². The summed E-state index contributed by atoms with van der Waals surface area (Å²) < 4.78 is 0. The zero-order valence-electron chi connectivity index (χ0n) is 12.1. The molecule has 0 radical (unpaired) electrons. The maximum absolute atomic E-state index is 4.62. The van der Waals surface area contributed by atoms with Crippen LogP contribution in [-0.2, 0) is 6.42 Å². The van der Waals surface area contributed by atoms with E-state index in [1.807, 2.05) is 11.8 Å². The Balaban J connectivity index is 1.76. The van der Waals surface area contributed by atoms with Crippen molar-refractivity contribution in [1.29, 1.82) is 0 Å². The lowest BCUT2D eigenvalue weighted by atomic mass is 10.1. The number of hydrogen-bond acceptors (Lipinski definition) is 3. The van der Waals surface area contributed by atoms with Gasteiger partial charge in [0.15, 0.2) is 5.17 Å². The molecule has 0 bridgehead atoms. The molecule has 1 aliphatic rings. The first-order valence-electron chi connectivity index (χ1n) is 7.15. The first kappa shape index (κ1) is 14.4. The molecule has 1 N–H and O–H groups in total. The molecular formula is C16H24N2S. The Morgan fingerprint density at radius 1 is 1.26 bits per heavy atom. The molecule has 1 aromatic carbocycles. The third kappa shape index (κ3) is 4.90. The third-order valence-corrected chi connectivity index (χ3v) is 4.35. The van der Waals surface area contributed by atoms with Crippen LogP contribution in [-0.4, -0.2) is 23.0 Å². The van der Waals surface area contributed by atoms with Crippen molar-refractivity contribution >= 4 is 16.9 Å². The molecule has 19 heavy (non-hydrogen) atoms. The van der Waals surface area contributed by atoms with E-state index in [1.54, 1.807) is 0 Å². The van der Waals surface area contributed by atoms with Crippen LogP contribution in [0.2, 0.25) is 0 Å². The van der Waals surface area contributed by atoms with Gasteiger partial charge in [-0.15, -0.1) is 0 Å². The molecule has 104 valence electrons. The predicted octanol–water partition coefficient (Wildman–Crippen LogP) is 3.72. The molecule has 0 fully saturated rings. The fourth-order valence-electron chi connectivity index (χ4n) is 2.37. The highest BCUT2D eigenvalue weighted by Crippen LogP contribution is 2.25. The molecule has 1 aromatic rings. The maximum atomic E-state index is 4.62. The van der Waals surface area contributed by atoms with Crippen LogP contribution in [0.5, 0.6) is 0 Å². The Hall–Kier alpha value is -0.960. The number of hydrogen-bond donors (Lipinski definition) is 1. The molecule has 1 heterocycles. The molecule has 2 atom stereocenters. The van der Waals surface area contributed by atoms with Gasteiger partial charge < -0.3 is 5.32 Å². The maximum Gasteiger partial charge on any atom is 0.157 e. The molecule has 2 nitrogen and oxygen atoms in total. The van der Waals surface area contributed by atoms with Crippen molar-refractivity contribution in [2.75, 3.05) is 6.54 Å². The SMILES string of the molecule is CC(C)CC1CN=C(NC(C)Cc2ccccc2)S1. The minimum Gasteiger partial charge on any atom is -0.362 e. The lowest BCUT2D eigenvalue weighted by Crippen LogP contribution is -2.31. The van der Waals surface area contributed by atoms with E-state index in [1.165, 1.54) is 12.0 Å². The molecule has 0 amide bonds. The van der Waals surface area contributed by atoms with E-state index in [2.05, 4.69) is 61.4 Å². The van der Waals surface area contributed by atoms with E-state index in [-0.39, 0.29) is 0 Å². The normalized spacial score (nSPS) is 20.4. The van der Waals surface area contributed by atoms with Gasteiger partial charge in [0.05, 0.1) is 6.54 Å². The average Bonchev–Trinajstić information content (AvgIpc) is 2.76. The first-order chi connectivity index (χ1) is 9.13. The molecule has 1 aliphatic heterocycles. The summed E-state index contributed by atoms with van der Waals surface area (Å²) in [6.07, 6.45) is 2.31. The quantitative estimate of drug-likeness (QED) is 0.886. The van der Waals surface area contributed by atoms with Crippen LogP contribution >= 0.6 is 11.8 Å². The third-order valence-electron chi connectivity index (χ3n) is 3.21. The zero-order chi connectivity index (χ0) is 13.7. The van der Waals surface area contributed by atoms with E-state index < -0.39 is 0 Å². The number of aliphatic imine (C=N–C) groups is 1. The average molecular weight is 276 g/mol. The van der Waals surface area contributed by atoms with Gasteiger partial charge in [0, 0.05) is 11.3 Å². The minimum atomic E-state index is 0.437. The van der Waals surface area contributed by atoms with Gasteiger partial charge >= 0.3 is 0 Å². The molecule has 0 aliphatic carbocycles. The van der Waals surface area contributed by atoms with Crippen LogP contribution in [0.25, 0.3) is 0 Å². The van der Waals surface area contributed by atoms with Crippen molar-refractivity contribution < 1.29 is 0 Å². The molecular weight excluding hydrogens is 252 g/mol. The van der Waals surface area contributed by atoms with Crippen LogP contribution in [0, 0.1) is 5.92 Å². The van der Waals surface area contributed by atoms with Crippen LogP contribution in [0.1, 0.15) is 32.8 Å². The Bertz CT molecular complexity index is 414. The van der Waals surface area contributed by atoms with E-state index in [0.717, 1.165) is 24.1 Å². The molecule has 0 aromatic heterocycles. The lowest BCUT2D eigenvalue weighted by Gasteiger charge is -2.16. The highest BCUT2D eigenvalue weighted by Gasteiger charge is 2.21. The highest BCUT2D eigenvalue weighted by atomic mass is 32.2. The summed E-state index contributed by atoms with van der Waals surface area (Å²) >= 11 is 1.92. The van der Waals surface area contributed by atoms with Gasteiger partial charge in [-0.25, -0.2) is 0 Å². The summed E-state index contributed by atoms with van der Waals surface area (Å²) in [6, 6.07) is 11.1. The van der Waals surface area contributed by atoms with Gasteiger partial charge in [0.25, 0.3) is 0 Å². The Kier molecular flexibility index (Phi) is 5.32. The van der Waals surface area contributed by atoms with Crippen LogP contribution < -0.4 is 5.32 Å². The summed E-state index contributed by atoms with van der Waals surface area (Å²) in [5, 5.41) is 5.35. The fourth-order valence-corrected chi connectivity index (χ4v) is 3.74. The van der Waals surface area contributed by atoms with Crippen molar-refractivity contribution in [3.63, 3.8) is 0 Å². The summed E-state index contributed by atoms with van der Waals surface area (Å²) in [7, 11) is 0. The van der Waals surface area contributed by atoms with E-state index in [4.69, 9.17) is 0 Å². The van der Waals surface area contributed by atoms with Gasteiger partial charge in [-0.2, -0.15) is 0 Å². The van der Waals surface area contributed by atoms with Crippen LogP contribution in [0.15, 0.2) is 35.3 Å². The molecule has 2 rings (SSSR count). The number of thioether (sulfide) groups is 1. The second kappa shape index (κ2) is 6.99. The lowest BCUT2D eigenvalue weighted by molar-refractivity contribution is 0.575. The van der Waals surface area contributed by atoms with Gasteiger partial charge in [-0.1, -0.05) is 55.9 Å². The molecule has 3 heteroatoms. The molecule has 2 unspecified atom stereocenters.